The van der Waals surface area contributed by atoms with Crippen LogP contribution < -0.4 is 4.90 Å². The largest absolute Gasteiger partial charge is 0.465 e. The molecule has 4 aromatic rings. The SMILES string of the molecule is CCCCN(Cc1ccc(-c2ccccc2-c2nn[nH]n2)cc1)c1nc(F)ccc1C(=O)OC. The Kier molecular flexibility index (Phi) is 7.22. The summed E-state index contributed by atoms with van der Waals surface area (Å²) in [6.07, 6.45) is 1.82. The summed E-state index contributed by atoms with van der Waals surface area (Å²) < 4.78 is 18.9. The van der Waals surface area contributed by atoms with Gasteiger partial charge in [-0.2, -0.15) is 9.60 Å². The zero-order valence-electron chi connectivity index (χ0n) is 19.0. The van der Waals surface area contributed by atoms with Gasteiger partial charge in [0.15, 0.2) is 0 Å². The molecule has 0 bridgehead atoms. The minimum atomic E-state index is -0.641. The van der Waals surface area contributed by atoms with Gasteiger partial charge in [0.2, 0.25) is 11.8 Å². The summed E-state index contributed by atoms with van der Waals surface area (Å²) in [5.74, 6) is -0.375. The number of nitrogens with one attached hydrogen (secondary N) is 1. The standard InChI is InChI=1S/C25H25FN6O2/c1-3-4-15-32(24-21(25(33)34-2)13-14-22(26)27-24)16-17-9-11-18(12-10-17)19-7-5-6-8-20(19)23-28-30-31-29-23/h5-14H,3-4,15-16H2,1-2H3,(H,28,29,30,31). The first-order valence-electron chi connectivity index (χ1n) is 11.0. The average molecular weight is 461 g/mol. The first kappa shape index (κ1) is 23.0. The van der Waals surface area contributed by atoms with E-state index in [9.17, 15) is 9.18 Å². The number of hydrogen-bond donors (Lipinski definition) is 1. The highest BCUT2D eigenvalue weighted by Gasteiger charge is 2.20. The number of aromatic amines is 1. The summed E-state index contributed by atoms with van der Waals surface area (Å²) in [4.78, 5) is 18.2. The van der Waals surface area contributed by atoms with Gasteiger partial charge in [-0.3, -0.25) is 0 Å². The molecule has 0 saturated carbocycles. The number of benzene rings is 2. The number of halogens is 1. The van der Waals surface area contributed by atoms with Crippen molar-refractivity contribution in [3.05, 3.63) is 77.7 Å². The van der Waals surface area contributed by atoms with E-state index >= 15 is 0 Å². The molecule has 2 aromatic heterocycles. The number of nitrogens with zero attached hydrogens (tertiary/aromatic N) is 5. The molecular formula is C25H25FN6O2. The molecule has 9 heteroatoms. The van der Waals surface area contributed by atoms with Gasteiger partial charge in [0.25, 0.3) is 0 Å². The van der Waals surface area contributed by atoms with Crippen LogP contribution in [0.15, 0.2) is 60.7 Å². The van der Waals surface area contributed by atoms with Gasteiger partial charge in [0, 0.05) is 18.7 Å². The van der Waals surface area contributed by atoms with E-state index in [2.05, 4.69) is 32.5 Å². The van der Waals surface area contributed by atoms with Crippen molar-refractivity contribution in [3.8, 4) is 22.5 Å². The molecule has 0 unspecified atom stereocenters. The number of rotatable bonds is 9. The van der Waals surface area contributed by atoms with E-state index in [1.807, 2.05) is 53.4 Å². The molecule has 0 aliphatic rings. The number of esters is 1. The van der Waals surface area contributed by atoms with Gasteiger partial charge in [-0.1, -0.05) is 61.9 Å². The van der Waals surface area contributed by atoms with E-state index in [0.717, 1.165) is 35.1 Å². The van der Waals surface area contributed by atoms with Crippen molar-refractivity contribution >= 4 is 11.8 Å². The Labute approximate surface area is 196 Å². The number of aromatic nitrogens is 5. The Morgan fingerprint density at radius 3 is 2.50 bits per heavy atom. The molecule has 4 rings (SSSR count). The van der Waals surface area contributed by atoms with Gasteiger partial charge in [0.1, 0.15) is 11.4 Å². The zero-order valence-corrected chi connectivity index (χ0v) is 19.0. The van der Waals surface area contributed by atoms with Crippen molar-refractivity contribution in [1.29, 1.82) is 0 Å². The summed E-state index contributed by atoms with van der Waals surface area (Å²) in [6.45, 7) is 3.17. The number of hydrogen-bond acceptors (Lipinski definition) is 7. The number of tetrazole rings is 1. The fraction of sp³-hybridized carbons (Fsp3) is 0.240. The summed E-state index contributed by atoms with van der Waals surface area (Å²) in [7, 11) is 1.30. The van der Waals surface area contributed by atoms with E-state index in [1.165, 1.54) is 19.2 Å². The van der Waals surface area contributed by atoms with Crippen LogP contribution in [0.3, 0.4) is 0 Å². The molecule has 8 nitrogen and oxygen atoms in total. The Bertz CT molecular complexity index is 1240. The third-order valence-corrected chi connectivity index (χ3v) is 5.48. The third-order valence-electron chi connectivity index (χ3n) is 5.48. The first-order chi connectivity index (χ1) is 16.6. The fourth-order valence-corrected chi connectivity index (χ4v) is 3.76. The minimum absolute atomic E-state index is 0.241. The molecule has 0 amide bonds. The highest BCUT2D eigenvalue weighted by Crippen LogP contribution is 2.30. The van der Waals surface area contributed by atoms with E-state index in [4.69, 9.17) is 4.74 Å². The molecule has 0 fully saturated rings. The molecular weight excluding hydrogens is 435 g/mol. The van der Waals surface area contributed by atoms with Crippen LogP contribution in [0.4, 0.5) is 10.2 Å². The highest BCUT2D eigenvalue weighted by molar-refractivity contribution is 5.94. The van der Waals surface area contributed by atoms with Crippen LogP contribution in [0, 0.1) is 5.95 Å². The van der Waals surface area contributed by atoms with Crippen LogP contribution in [0.5, 0.6) is 0 Å². The normalized spacial score (nSPS) is 10.8. The molecule has 2 heterocycles. The van der Waals surface area contributed by atoms with Crippen LogP contribution in [0.1, 0.15) is 35.7 Å². The molecule has 0 aliphatic carbocycles. The number of ether oxygens (including phenoxy) is 1. The third kappa shape index (κ3) is 5.09. The van der Waals surface area contributed by atoms with Gasteiger partial charge < -0.3 is 9.64 Å². The second-order valence-corrected chi connectivity index (χ2v) is 7.75. The zero-order chi connectivity index (χ0) is 23.9. The lowest BCUT2D eigenvalue weighted by molar-refractivity contribution is 0.0601. The molecule has 174 valence electrons. The van der Waals surface area contributed by atoms with Gasteiger partial charge >= 0.3 is 5.97 Å². The highest BCUT2D eigenvalue weighted by atomic mass is 19.1. The maximum absolute atomic E-state index is 14.0. The molecule has 0 radical (unpaired) electrons. The predicted molar refractivity (Wildman–Crippen MR) is 127 cm³/mol. The molecule has 0 spiro atoms. The number of anilines is 1. The number of H-pyrrole nitrogens is 1. The number of carbonyl (C=O) groups is 1. The van der Waals surface area contributed by atoms with Crippen molar-refractivity contribution in [3.63, 3.8) is 0 Å². The molecule has 2 aromatic carbocycles. The maximum atomic E-state index is 14.0. The van der Waals surface area contributed by atoms with Gasteiger partial charge in [-0.05, 0) is 40.5 Å². The summed E-state index contributed by atoms with van der Waals surface area (Å²) in [6, 6.07) is 18.5. The van der Waals surface area contributed by atoms with Crippen LogP contribution in [-0.2, 0) is 11.3 Å². The monoisotopic (exact) mass is 460 g/mol. The molecule has 0 aliphatic heterocycles. The fourth-order valence-electron chi connectivity index (χ4n) is 3.76. The van der Waals surface area contributed by atoms with Gasteiger partial charge in [-0.25, -0.2) is 9.78 Å². The second kappa shape index (κ2) is 10.7. The van der Waals surface area contributed by atoms with Crippen LogP contribution in [0.2, 0.25) is 0 Å². The smallest absolute Gasteiger partial charge is 0.341 e. The van der Waals surface area contributed by atoms with Gasteiger partial charge in [-0.15, -0.1) is 10.2 Å². The topological polar surface area (TPSA) is 96.9 Å². The minimum Gasteiger partial charge on any atom is -0.465 e. The lowest BCUT2D eigenvalue weighted by Gasteiger charge is -2.25. The lowest BCUT2D eigenvalue weighted by atomic mass is 9.98. The van der Waals surface area contributed by atoms with Crippen molar-refractivity contribution in [2.45, 2.75) is 26.3 Å². The van der Waals surface area contributed by atoms with E-state index in [-0.39, 0.29) is 11.4 Å². The van der Waals surface area contributed by atoms with E-state index in [0.29, 0.717) is 18.9 Å². The number of carbonyl (C=O) groups excluding carboxylic acids is 1. The lowest BCUT2D eigenvalue weighted by Crippen LogP contribution is -2.27. The summed E-state index contributed by atoms with van der Waals surface area (Å²) in [5, 5.41) is 14.3. The Morgan fingerprint density at radius 2 is 1.82 bits per heavy atom. The van der Waals surface area contributed by atoms with Crippen molar-refractivity contribution in [1.82, 2.24) is 25.6 Å². The molecule has 34 heavy (non-hydrogen) atoms. The van der Waals surface area contributed by atoms with Crippen molar-refractivity contribution in [2.75, 3.05) is 18.6 Å². The Balaban J connectivity index is 1.63. The van der Waals surface area contributed by atoms with Crippen LogP contribution in [-0.4, -0.2) is 45.2 Å². The van der Waals surface area contributed by atoms with Crippen molar-refractivity contribution in [2.24, 2.45) is 0 Å². The quantitative estimate of drug-likeness (QED) is 0.287. The molecule has 0 atom stereocenters. The molecule has 0 saturated heterocycles. The van der Waals surface area contributed by atoms with E-state index in [1.54, 1.807) is 0 Å². The van der Waals surface area contributed by atoms with E-state index < -0.39 is 11.9 Å². The summed E-state index contributed by atoms with van der Waals surface area (Å²) in [5.41, 5.74) is 4.10. The number of unbranched alkanes of at least 4 members (excludes halogenated alkanes) is 1. The van der Waals surface area contributed by atoms with Crippen molar-refractivity contribution < 1.29 is 13.9 Å². The van der Waals surface area contributed by atoms with Crippen LogP contribution >= 0.6 is 0 Å². The maximum Gasteiger partial charge on any atom is 0.341 e. The first-order valence-corrected chi connectivity index (χ1v) is 11.0. The Morgan fingerprint density at radius 1 is 1.06 bits per heavy atom. The van der Waals surface area contributed by atoms with Crippen LogP contribution in [0.25, 0.3) is 22.5 Å². The van der Waals surface area contributed by atoms with Gasteiger partial charge in [0.05, 0.1) is 7.11 Å². The number of methoxy groups -OCH3 is 1. The average Bonchev–Trinajstić information content (AvgIpc) is 3.41. The predicted octanol–water partition coefficient (Wildman–Crippen LogP) is 4.66. The second-order valence-electron chi connectivity index (χ2n) is 7.75. The number of pyridine rings is 1. The molecule has 1 N–H and O–H groups in total. The summed E-state index contributed by atoms with van der Waals surface area (Å²) >= 11 is 0. The Hall–Kier alpha value is -4.14.